The van der Waals surface area contributed by atoms with Gasteiger partial charge in [0, 0.05) is 18.5 Å². The largest absolute Gasteiger partial charge is 0.350 e. The van der Waals surface area contributed by atoms with E-state index in [1.165, 1.54) is 5.56 Å². The van der Waals surface area contributed by atoms with E-state index >= 15 is 0 Å². The van der Waals surface area contributed by atoms with Gasteiger partial charge in [-0.15, -0.1) is 0 Å². The van der Waals surface area contributed by atoms with Gasteiger partial charge in [-0.1, -0.05) is 29.8 Å². The number of rotatable bonds is 6. The first-order valence-electron chi connectivity index (χ1n) is 7.85. The van der Waals surface area contributed by atoms with E-state index in [0.29, 0.717) is 19.4 Å². The van der Waals surface area contributed by atoms with Gasteiger partial charge in [0.25, 0.3) is 0 Å². The molecule has 4 heteroatoms. The Morgan fingerprint density at radius 1 is 1.23 bits per heavy atom. The predicted octanol–water partition coefficient (Wildman–Crippen LogP) is 2.69. The van der Waals surface area contributed by atoms with E-state index in [1.54, 1.807) is 4.90 Å². The Labute approximate surface area is 133 Å². The zero-order chi connectivity index (χ0) is 16.8. The lowest BCUT2D eigenvalue weighted by Gasteiger charge is -2.25. The highest BCUT2D eigenvalue weighted by Gasteiger charge is 2.19. The number of carbonyl (C=O) groups excluding carboxylic acids is 2. The molecule has 0 aliphatic rings. The molecule has 0 aliphatic heterocycles. The van der Waals surface area contributed by atoms with Gasteiger partial charge >= 0.3 is 0 Å². The molecule has 0 radical (unpaired) electrons. The molecule has 1 aromatic carbocycles. The molecular formula is C18H28N2O2. The summed E-state index contributed by atoms with van der Waals surface area (Å²) in [6, 6.07) is 8.17. The Morgan fingerprint density at radius 3 is 2.45 bits per heavy atom. The standard InChI is InChI=1S/C18H28N2O2/c1-6-20(13-16(21)19-18(3,4)5)17(22)11-10-15-9-7-8-14(2)12-15/h7-9,12H,6,10-11,13H2,1-5H3,(H,19,21). The summed E-state index contributed by atoms with van der Waals surface area (Å²) in [5.41, 5.74) is 2.08. The Morgan fingerprint density at radius 2 is 1.91 bits per heavy atom. The van der Waals surface area contributed by atoms with Gasteiger partial charge in [-0.2, -0.15) is 0 Å². The average molecular weight is 304 g/mol. The zero-order valence-electron chi connectivity index (χ0n) is 14.4. The topological polar surface area (TPSA) is 49.4 Å². The second-order valence-corrected chi connectivity index (χ2v) is 6.70. The third-order valence-electron chi connectivity index (χ3n) is 3.29. The minimum absolute atomic E-state index is 0.0214. The molecule has 0 spiro atoms. The quantitative estimate of drug-likeness (QED) is 0.878. The summed E-state index contributed by atoms with van der Waals surface area (Å²) in [6.45, 7) is 10.4. The van der Waals surface area contributed by atoms with E-state index < -0.39 is 0 Å². The molecule has 2 amide bonds. The Bertz CT molecular complexity index is 518. The molecule has 0 aromatic heterocycles. The van der Waals surface area contributed by atoms with Crippen LogP contribution in [-0.2, 0) is 16.0 Å². The number of aryl methyl sites for hydroxylation is 2. The monoisotopic (exact) mass is 304 g/mol. The van der Waals surface area contributed by atoms with Crippen molar-refractivity contribution in [2.45, 2.75) is 53.0 Å². The van der Waals surface area contributed by atoms with Gasteiger partial charge in [0.1, 0.15) is 0 Å². The van der Waals surface area contributed by atoms with Crippen LogP contribution in [0.1, 0.15) is 45.2 Å². The normalized spacial score (nSPS) is 11.1. The number of nitrogens with zero attached hydrogens (tertiary/aromatic N) is 1. The molecule has 0 fully saturated rings. The van der Waals surface area contributed by atoms with Gasteiger partial charge in [0.15, 0.2) is 0 Å². The number of hydrogen-bond donors (Lipinski definition) is 1. The lowest BCUT2D eigenvalue weighted by atomic mass is 10.1. The molecular weight excluding hydrogens is 276 g/mol. The second-order valence-electron chi connectivity index (χ2n) is 6.70. The fraction of sp³-hybridized carbons (Fsp3) is 0.556. The summed E-state index contributed by atoms with van der Waals surface area (Å²) in [5.74, 6) is -0.0914. The summed E-state index contributed by atoms with van der Waals surface area (Å²) < 4.78 is 0. The minimum Gasteiger partial charge on any atom is -0.350 e. The molecule has 0 bridgehead atoms. The van der Waals surface area contributed by atoms with Crippen LogP contribution >= 0.6 is 0 Å². The molecule has 4 nitrogen and oxygen atoms in total. The van der Waals surface area contributed by atoms with Crippen LogP contribution in [0, 0.1) is 6.92 Å². The van der Waals surface area contributed by atoms with E-state index in [2.05, 4.69) is 11.4 Å². The van der Waals surface area contributed by atoms with Crippen molar-refractivity contribution in [1.29, 1.82) is 0 Å². The van der Waals surface area contributed by atoms with Crippen molar-refractivity contribution in [3.8, 4) is 0 Å². The van der Waals surface area contributed by atoms with Crippen molar-refractivity contribution in [2.24, 2.45) is 0 Å². The van der Waals surface area contributed by atoms with E-state index in [0.717, 1.165) is 5.56 Å². The maximum atomic E-state index is 12.3. The molecule has 0 unspecified atom stereocenters. The molecule has 0 saturated carbocycles. The van der Waals surface area contributed by atoms with E-state index in [-0.39, 0.29) is 23.9 Å². The summed E-state index contributed by atoms with van der Waals surface area (Å²) in [7, 11) is 0. The first-order valence-corrected chi connectivity index (χ1v) is 7.85. The molecule has 0 aliphatic carbocycles. The molecule has 1 rings (SSSR count). The van der Waals surface area contributed by atoms with Crippen LogP contribution in [0.3, 0.4) is 0 Å². The Hall–Kier alpha value is -1.84. The fourth-order valence-corrected chi connectivity index (χ4v) is 2.28. The number of hydrogen-bond acceptors (Lipinski definition) is 2. The SMILES string of the molecule is CCN(CC(=O)NC(C)(C)C)C(=O)CCc1cccc(C)c1. The van der Waals surface area contributed by atoms with Gasteiger partial charge in [-0.25, -0.2) is 0 Å². The number of nitrogens with one attached hydrogen (secondary N) is 1. The van der Waals surface area contributed by atoms with Crippen LogP contribution in [0.25, 0.3) is 0 Å². The number of benzene rings is 1. The number of amides is 2. The lowest BCUT2D eigenvalue weighted by Crippen LogP contribution is -2.47. The maximum Gasteiger partial charge on any atom is 0.240 e. The number of likely N-dealkylation sites (N-methyl/N-ethyl adjacent to an activating group) is 1. The summed E-state index contributed by atoms with van der Waals surface area (Å²) in [6.07, 6.45) is 1.14. The van der Waals surface area contributed by atoms with E-state index in [9.17, 15) is 9.59 Å². The molecule has 0 heterocycles. The Balaban J connectivity index is 2.52. The average Bonchev–Trinajstić information content (AvgIpc) is 2.40. The second kappa shape index (κ2) is 7.97. The Kier molecular flexibility index (Phi) is 6.60. The molecule has 0 saturated heterocycles. The zero-order valence-corrected chi connectivity index (χ0v) is 14.4. The molecule has 1 aromatic rings. The highest BCUT2D eigenvalue weighted by Crippen LogP contribution is 2.08. The molecule has 22 heavy (non-hydrogen) atoms. The van der Waals surface area contributed by atoms with Crippen molar-refractivity contribution < 1.29 is 9.59 Å². The van der Waals surface area contributed by atoms with Crippen LogP contribution in [0.15, 0.2) is 24.3 Å². The van der Waals surface area contributed by atoms with Gasteiger partial charge in [-0.05, 0) is 46.6 Å². The highest BCUT2D eigenvalue weighted by atomic mass is 16.2. The molecule has 122 valence electrons. The third kappa shape index (κ3) is 6.74. The van der Waals surface area contributed by atoms with Crippen molar-refractivity contribution in [3.05, 3.63) is 35.4 Å². The van der Waals surface area contributed by atoms with Crippen molar-refractivity contribution in [2.75, 3.05) is 13.1 Å². The summed E-state index contributed by atoms with van der Waals surface area (Å²) in [5, 5.41) is 2.89. The van der Waals surface area contributed by atoms with Crippen molar-refractivity contribution in [1.82, 2.24) is 10.2 Å². The van der Waals surface area contributed by atoms with Crippen LogP contribution in [0.2, 0.25) is 0 Å². The van der Waals surface area contributed by atoms with Crippen LogP contribution in [0.5, 0.6) is 0 Å². The predicted molar refractivity (Wildman–Crippen MR) is 89.6 cm³/mol. The molecule has 1 N–H and O–H groups in total. The number of carbonyl (C=O) groups is 2. The first-order chi connectivity index (χ1) is 10.2. The van der Waals surface area contributed by atoms with Crippen molar-refractivity contribution >= 4 is 11.8 Å². The van der Waals surface area contributed by atoms with E-state index in [4.69, 9.17) is 0 Å². The van der Waals surface area contributed by atoms with Crippen LogP contribution in [0.4, 0.5) is 0 Å². The van der Waals surface area contributed by atoms with Crippen molar-refractivity contribution in [3.63, 3.8) is 0 Å². The maximum absolute atomic E-state index is 12.3. The summed E-state index contributed by atoms with van der Waals surface area (Å²) >= 11 is 0. The van der Waals surface area contributed by atoms with Crippen LogP contribution in [-0.4, -0.2) is 35.3 Å². The van der Waals surface area contributed by atoms with Crippen LogP contribution < -0.4 is 5.32 Å². The third-order valence-corrected chi connectivity index (χ3v) is 3.29. The van der Waals surface area contributed by atoms with Gasteiger partial charge < -0.3 is 10.2 Å². The van der Waals surface area contributed by atoms with Gasteiger partial charge in [0.05, 0.1) is 6.54 Å². The lowest BCUT2D eigenvalue weighted by molar-refractivity contribution is -0.136. The summed E-state index contributed by atoms with van der Waals surface area (Å²) in [4.78, 5) is 25.8. The van der Waals surface area contributed by atoms with Gasteiger partial charge in [0.2, 0.25) is 11.8 Å². The fourth-order valence-electron chi connectivity index (χ4n) is 2.28. The minimum atomic E-state index is -0.277. The van der Waals surface area contributed by atoms with Gasteiger partial charge in [-0.3, -0.25) is 9.59 Å². The molecule has 0 atom stereocenters. The van der Waals surface area contributed by atoms with E-state index in [1.807, 2.05) is 52.8 Å². The highest BCUT2D eigenvalue weighted by molar-refractivity contribution is 5.85. The smallest absolute Gasteiger partial charge is 0.240 e. The first kappa shape index (κ1) is 18.2.